The van der Waals surface area contributed by atoms with Crippen molar-refractivity contribution in [2.24, 2.45) is 0 Å². The van der Waals surface area contributed by atoms with Gasteiger partial charge in [0.2, 0.25) is 10.0 Å². The highest BCUT2D eigenvalue weighted by atomic mass is 35.5. The lowest BCUT2D eigenvalue weighted by molar-refractivity contribution is 0.350. The Labute approximate surface area is 125 Å². The van der Waals surface area contributed by atoms with Crippen LogP contribution in [0.2, 0.25) is 5.02 Å². The summed E-state index contributed by atoms with van der Waals surface area (Å²) in [5.74, 6) is 5.17. The summed E-state index contributed by atoms with van der Waals surface area (Å²) in [5, 5.41) is 8.76. The fraction of sp³-hybridized carbons (Fsp3) is 0.429. The van der Waals surface area contributed by atoms with Gasteiger partial charge in [0, 0.05) is 19.2 Å². The molecule has 0 aromatic heterocycles. The van der Waals surface area contributed by atoms with E-state index in [1.165, 1.54) is 16.4 Å². The zero-order valence-electron chi connectivity index (χ0n) is 11.6. The summed E-state index contributed by atoms with van der Waals surface area (Å²) in [5.41, 5.74) is 0.569. The van der Waals surface area contributed by atoms with Crippen molar-refractivity contribution in [3.8, 4) is 11.8 Å². The molecular weight excluding hydrogens is 298 g/mol. The third-order valence-corrected chi connectivity index (χ3v) is 5.10. The van der Waals surface area contributed by atoms with E-state index in [4.69, 9.17) is 16.7 Å². The first-order valence-electron chi connectivity index (χ1n) is 6.29. The maximum absolute atomic E-state index is 12.3. The van der Waals surface area contributed by atoms with E-state index in [9.17, 15) is 8.42 Å². The van der Waals surface area contributed by atoms with Crippen molar-refractivity contribution in [1.82, 2.24) is 4.31 Å². The molecule has 0 amide bonds. The van der Waals surface area contributed by atoms with Crippen molar-refractivity contribution in [2.45, 2.75) is 24.7 Å². The molecule has 1 aromatic carbocycles. The molecule has 0 fully saturated rings. The van der Waals surface area contributed by atoms with Crippen molar-refractivity contribution < 1.29 is 13.5 Å². The van der Waals surface area contributed by atoms with Gasteiger partial charge in [0.1, 0.15) is 11.5 Å². The molecule has 110 valence electrons. The predicted molar refractivity (Wildman–Crippen MR) is 80.1 cm³/mol. The fourth-order valence-electron chi connectivity index (χ4n) is 1.60. The van der Waals surface area contributed by atoms with Crippen LogP contribution < -0.4 is 0 Å². The van der Waals surface area contributed by atoms with E-state index in [0.717, 1.165) is 12.8 Å². The number of aliphatic hydroxyl groups is 1. The summed E-state index contributed by atoms with van der Waals surface area (Å²) in [6.45, 7) is 2.21. The van der Waals surface area contributed by atoms with Crippen LogP contribution in [-0.2, 0) is 10.0 Å². The Balaban J connectivity index is 3.07. The number of halogens is 1. The van der Waals surface area contributed by atoms with Crippen molar-refractivity contribution >= 4 is 21.6 Å². The number of hydrogen-bond acceptors (Lipinski definition) is 3. The average Bonchev–Trinajstić information content (AvgIpc) is 2.42. The van der Waals surface area contributed by atoms with Crippen LogP contribution in [-0.4, -0.2) is 38.0 Å². The van der Waals surface area contributed by atoms with E-state index in [1.54, 1.807) is 13.1 Å². The van der Waals surface area contributed by atoms with Crippen LogP contribution in [0, 0.1) is 11.8 Å². The fourth-order valence-corrected chi connectivity index (χ4v) is 3.32. The summed E-state index contributed by atoms with van der Waals surface area (Å²) in [7, 11) is -2.03. The average molecular weight is 316 g/mol. The van der Waals surface area contributed by atoms with E-state index in [2.05, 4.69) is 11.8 Å². The first-order chi connectivity index (χ1) is 9.43. The normalized spacial score (nSPS) is 11.2. The SMILES string of the molecule is CCCCN(C)S(=O)(=O)c1ccc(C#CCO)cc1Cl. The van der Waals surface area contributed by atoms with E-state index >= 15 is 0 Å². The van der Waals surface area contributed by atoms with Crippen molar-refractivity contribution in [3.05, 3.63) is 28.8 Å². The molecule has 0 heterocycles. The van der Waals surface area contributed by atoms with Gasteiger partial charge in [0.25, 0.3) is 0 Å². The molecule has 0 saturated heterocycles. The molecule has 0 atom stereocenters. The molecule has 0 saturated carbocycles. The lowest BCUT2D eigenvalue weighted by atomic mass is 10.2. The van der Waals surface area contributed by atoms with Gasteiger partial charge in [-0.2, -0.15) is 0 Å². The molecule has 0 radical (unpaired) electrons. The van der Waals surface area contributed by atoms with Gasteiger partial charge in [0.05, 0.1) is 5.02 Å². The molecule has 4 nitrogen and oxygen atoms in total. The zero-order valence-corrected chi connectivity index (χ0v) is 13.1. The molecule has 1 N–H and O–H groups in total. The molecule has 6 heteroatoms. The summed E-state index contributed by atoms with van der Waals surface area (Å²) in [6, 6.07) is 4.52. The third kappa shape index (κ3) is 4.22. The van der Waals surface area contributed by atoms with Crippen LogP contribution in [0.3, 0.4) is 0 Å². The minimum atomic E-state index is -3.58. The van der Waals surface area contributed by atoms with E-state index in [1.807, 2.05) is 6.92 Å². The highest BCUT2D eigenvalue weighted by Crippen LogP contribution is 2.25. The van der Waals surface area contributed by atoms with Crippen LogP contribution in [0.4, 0.5) is 0 Å². The van der Waals surface area contributed by atoms with E-state index in [-0.39, 0.29) is 16.5 Å². The number of unbranched alkanes of at least 4 members (excludes halogenated alkanes) is 1. The zero-order chi connectivity index (χ0) is 15.2. The maximum Gasteiger partial charge on any atom is 0.244 e. The Morgan fingerprint density at radius 3 is 2.65 bits per heavy atom. The van der Waals surface area contributed by atoms with Gasteiger partial charge in [-0.3, -0.25) is 0 Å². The highest BCUT2D eigenvalue weighted by Gasteiger charge is 2.23. The topological polar surface area (TPSA) is 57.6 Å². The first kappa shape index (κ1) is 17.0. The van der Waals surface area contributed by atoms with Crippen LogP contribution in [0.15, 0.2) is 23.1 Å². The van der Waals surface area contributed by atoms with Crippen molar-refractivity contribution in [3.63, 3.8) is 0 Å². The molecule has 0 aliphatic heterocycles. The van der Waals surface area contributed by atoms with Crippen LogP contribution >= 0.6 is 11.6 Å². The van der Waals surface area contributed by atoms with E-state index < -0.39 is 10.0 Å². The monoisotopic (exact) mass is 315 g/mol. The van der Waals surface area contributed by atoms with Crippen LogP contribution in [0.1, 0.15) is 25.3 Å². The molecule has 0 aliphatic carbocycles. The largest absolute Gasteiger partial charge is 0.384 e. The van der Waals surface area contributed by atoms with Gasteiger partial charge in [-0.05, 0) is 24.6 Å². The lowest BCUT2D eigenvalue weighted by Gasteiger charge is -2.17. The third-order valence-electron chi connectivity index (χ3n) is 2.76. The summed E-state index contributed by atoms with van der Waals surface area (Å²) in [4.78, 5) is 0.0762. The first-order valence-corrected chi connectivity index (χ1v) is 8.11. The second-order valence-corrected chi connectivity index (χ2v) is 6.71. The van der Waals surface area contributed by atoms with Crippen molar-refractivity contribution in [1.29, 1.82) is 0 Å². The summed E-state index contributed by atoms with van der Waals surface area (Å²) in [6.07, 6.45) is 1.72. The minimum Gasteiger partial charge on any atom is -0.384 e. The quantitative estimate of drug-likeness (QED) is 0.847. The number of nitrogens with zero attached hydrogens (tertiary/aromatic N) is 1. The number of benzene rings is 1. The Bertz CT molecular complexity index is 617. The summed E-state index contributed by atoms with van der Waals surface area (Å²) >= 11 is 6.03. The molecular formula is C14H18ClNO3S. The molecule has 1 aromatic rings. The Hall–Kier alpha value is -1.06. The number of rotatable bonds is 5. The number of hydrogen-bond donors (Lipinski definition) is 1. The predicted octanol–water partition coefficient (Wildman–Crippen LogP) is 2.10. The second-order valence-electron chi connectivity index (χ2n) is 4.29. The molecule has 1 rings (SSSR count). The maximum atomic E-state index is 12.3. The molecule has 0 aliphatic rings. The standard InChI is InChI=1S/C14H18ClNO3S/c1-3-4-9-16(2)20(18,19)14-8-7-12(6-5-10-17)11-13(14)15/h7-8,11,17H,3-4,9-10H2,1-2H3. The van der Waals surface area contributed by atoms with Gasteiger partial charge in [0.15, 0.2) is 0 Å². The minimum absolute atomic E-state index is 0.0762. The Kier molecular flexibility index (Phi) is 6.50. The van der Waals surface area contributed by atoms with E-state index in [0.29, 0.717) is 12.1 Å². The molecule has 0 unspecified atom stereocenters. The summed E-state index contributed by atoms with van der Waals surface area (Å²) < 4.78 is 26.0. The van der Waals surface area contributed by atoms with Gasteiger partial charge >= 0.3 is 0 Å². The number of sulfonamides is 1. The van der Waals surface area contributed by atoms with Crippen LogP contribution in [0.5, 0.6) is 0 Å². The van der Waals surface area contributed by atoms with Gasteiger partial charge < -0.3 is 5.11 Å². The lowest BCUT2D eigenvalue weighted by Crippen LogP contribution is -2.28. The molecule has 0 spiro atoms. The smallest absolute Gasteiger partial charge is 0.244 e. The number of aliphatic hydroxyl groups excluding tert-OH is 1. The Morgan fingerprint density at radius 2 is 2.10 bits per heavy atom. The van der Waals surface area contributed by atoms with Crippen LogP contribution in [0.25, 0.3) is 0 Å². The van der Waals surface area contributed by atoms with Crippen molar-refractivity contribution in [2.75, 3.05) is 20.2 Å². The van der Waals surface area contributed by atoms with Gasteiger partial charge in [-0.25, -0.2) is 12.7 Å². The van der Waals surface area contributed by atoms with Gasteiger partial charge in [-0.15, -0.1) is 0 Å². The molecule has 20 heavy (non-hydrogen) atoms. The highest BCUT2D eigenvalue weighted by molar-refractivity contribution is 7.89. The van der Waals surface area contributed by atoms with Gasteiger partial charge in [-0.1, -0.05) is 36.8 Å². The Morgan fingerprint density at radius 1 is 1.40 bits per heavy atom. The molecule has 0 bridgehead atoms. The second kappa shape index (κ2) is 7.65.